The zero-order valence-electron chi connectivity index (χ0n) is 9.92. The first-order valence-corrected chi connectivity index (χ1v) is 5.65. The second-order valence-corrected chi connectivity index (χ2v) is 4.27. The highest BCUT2D eigenvalue weighted by Gasteiger charge is 2.05. The van der Waals surface area contributed by atoms with Gasteiger partial charge in [-0.15, -0.1) is 0 Å². The van der Waals surface area contributed by atoms with Crippen molar-refractivity contribution in [3.05, 3.63) is 28.8 Å². The molecule has 0 saturated heterocycles. The molecule has 0 heterocycles. The molecule has 0 radical (unpaired) electrons. The highest BCUT2D eigenvalue weighted by atomic mass is 35.5. The summed E-state index contributed by atoms with van der Waals surface area (Å²) in [6.45, 7) is 5.17. The van der Waals surface area contributed by atoms with Gasteiger partial charge in [0.05, 0.1) is 0 Å². The average molecular weight is 244 g/mol. The maximum Gasteiger partial charge on any atom is 0.188 e. The van der Waals surface area contributed by atoms with Crippen molar-refractivity contribution in [2.24, 2.45) is 0 Å². The van der Waals surface area contributed by atoms with E-state index in [1.807, 2.05) is 18.2 Å². The molecule has 3 nitrogen and oxygen atoms in total. The SMILES string of the molecule is COCOc1ccc(Cl)cc1CNC(C)C. The van der Waals surface area contributed by atoms with E-state index in [0.29, 0.717) is 11.1 Å². The summed E-state index contributed by atoms with van der Waals surface area (Å²) < 4.78 is 10.3. The van der Waals surface area contributed by atoms with Gasteiger partial charge in [0.2, 0.25) is 0 Å². The predicted octanol–water partition coefficient (Wildman–Crippen LogP) is 2.82. The summed E-state index contributed by atoms with van der Waals surface area (Å²) in [5.41, 5.74) is 1.04. The second kappa shape index (κ2) is 6.74. The smallest absolute Gasteiger partial charge is 0.188 e. The van der Waals surface area contributed by atoms with E-state index in [9.17, 15) is 0 Å². The van der Waals surface area contributed by atoms with Gasteiger partial charge in [0.25, 0.3) is 0 Å². The highest BCUT2D eigenvalue weighted by molar-refractivity contribution is 6.30. The lowest BCUT2D eigenvalue weighted by atomic mass is 10.2. The van der Waals surface area contributed by atoms with E-state index in [4.69, 9.17) is 21.1 Å². The van der Waals surface area contributed by atoms with E-state index in [1.54, 1.807) is 7.11 Å². The van der Waals surface area contributed by atoms with Gasteiger partial charge in [-0.1, -0.05) is 25.4 Å². The van der Waals surface area contributed by atoms with Gasteiger partial charge in [0.1, 0.15) is 5.75 Å². The number of ether oxygens (including phenoxy) is 2. The van der Waals surface area contributed by atoms with Crippen molar-refractivity contribution in [1.29, 1.82) is 0 Å². The first-order chi connectivity index (χ1) is 7.63. The molecular formula is C12H18ClNO2. The summed E-state index contributed by atoms with van der Waals surface area (Å²) in [5, 5.41) is 4.04. The molecule has 0 aliphatic carbocycles. The van der Waals surface area contributed by atoms with Gasteiger partial charge in [0, 0.05) is 30.3 Å². The molecule has 1 N–H and O–H groups in total. The van der Waals surface area contributed by atoms with E-state index in [1.165, 1.54) is 0 Å². The van der Waals surface area contributed by atoms with Crippen molar-refractivity contribution in [3.8, 4) is 5.75 Å². The number of halogens is 1. The van der Waals surface area contributed by atoms with Crippen LogP contribution >= 0.6 is 11.6 Å². The minimum absolute atomic E-state index is 0.246. The van der Waals surface area contributed by atoms with Gasteiger partial charge in [-0.25, -0.2) is 0 Å². The van der Waals surface area contributed by atoms with Crippen molar-refractivity contribution >= 4 is 11.6 Å². The topological polar surface area (TPSA) is 30.5 Å². The number of hydrogen-bond acceptors (Lipinski definition) is 3. The molecule has 0 atom stereocenters. The number of nitrogens with one attached hydrogen (secondary N) is 1. The third-order valence-electron chi connectivity index (χ3n) is 2.06. The van der Waals surface area contributed by atoms with Crippen molar-refractivity contribution in [2.45, 2.75) is 26.4 Å². The first-order valence-electron chi connectivity index (χ1n) is 5.27. The summed E-state index contributed by atoms with van der Waals surface area (Å²) in [7, 11) is 1.60. The summed E-state index contributed by atoms with van der Waals surface area (Å²) in [5.74, 6) is 0.805. The molecule has 0 unspecified atom stereocenters. The second-order valence-electron chi connectivity index (χ2n) is 3.84. The number of benzene rings is 1. The maximum absolute atomic E-state index is 5.95. The Morgan fingerprint density at radius 1 is 1.38 bits per heavy atom. The van der Waals surface area contributed by atoms with E-state index in [0.717, 1.165) is 17.9 Å². The van der Waals surface area contributed by atoms with Crippen LogP contribution in [0.15, 0.2) is 18.2 Å². The summed E-state index contributed by atoms with van der Waals surface area (Å²) in [6, 6.07) is 6.00. The molecule has 4 heteroatoms. The fraction of sp³-hybridized carbons (Fsp3) is 0.500. The Kier molecular flexibility index (Phi) is 5.60. The van der Waals surface area contributed by atoms with E-state index in [2.05, 4.69) is 19.2 Å². The standard InChI is InChI=1S/C12H18ClNO2/c1-9(2)14-7-10-6-11(13)4-5-12(10)16-8-15-3/h4-6,9,14H,7-8H2,1-3H3. The predicted molar refractivity (Wildman–Crippen MR) is 65.9 cm³/mol. The molecule has 0 bridgehead atoms. The van der Waals surface area contributed by atoms with Crippen LogP contribution in [0.1, 0.15) is 19.4 Å². The van der Waals surface area contributed by atoms with Crippen LogP contribution in [0.3, 0.4) is 0 Å². The molecule has 1 rings (SSSR count). The molecule has 0 aliphatic heterocycles. The van der Waals surface area contributed by atoms with Crippen LogP contribution in [0.2, 0.25) is 5.02 Å². The zero-order valence-corrected chi connectivity index (χ0v) is 10.7. The fourth-order valence-electron chi connectivity index (χ4n) is 1.26. The van der Waals surface area contributed by atoms with Crippen molar-refractivity contribution in [3.63, 3.8) is 0 Å². The Bertz CT molecular complexity index is 329. The molecule has 1 aromatic carbocycles. The molecular weight excluding hydrogens is 226 g/mol. The molecule has 0 spiro atoms. The quantitative estimate of drug-likeness (QED) is 0.780. The monoisotopic (exact) mass is 243 g/mol. The molecule has 0 fully saturated rings. The lowest BCUT2D eigenvalue weighted by molar-refractivity contribution is 0.0503. The summed E-state index contributed by atoms with van der Waals surface area (Å²) >= 11 is 5.95. The molecule has 0 saturated carbocycles. The van der Waals surface area contributed by atoms with Gasteiger partial charge >= 0.3 is 0 Å². The zero-order chi connectivity index (χ0) is 12.0. The Hall–Kier alpha value is -0.770. The van der Waals surface area contributed by atoms with Gasteiger partial charge in [0.15, 0.2) is 6.79 Å². The van der Waals surface area contributed by atoms with Crippen molar-refractivity contribution in [1.82, 2.24) is 5.32 Å². The van der Waals surface area contributed by atoms with Gasteiger partial charge in [-0.05, 0) is 18.2 Å². The van der Waals surface area contributed by atoms with Crippen LogP contribution in [0, 0.1) is 0 Å². The Morgan fingerprint density at radius 2 is 2.12 bits per heavy atom. The molecule has 16 heavy (non-hydrogen) atoms. The number of rotatable bonds is 6. The van der Waals surface area contributed by atoms with Gasteiger partial charge < -0.3 is 14.8 Å². The van der Waals surface area contributed by atoms with E-state index < -0.39 is 0 Å². The Morgan fingerprint density at radius 3 is 2.75 bits per heavy atom. The van der Waals surface area contributed by atoms with E-state index >= 15 is 0 Å². The van der Waals surface area contributed by atoms with Gasteiger partial charge in [-0.2, -0.15) is 0 Å². The van der Waals surface area contributed by atoms with Crippen LogP contribution in [0.4, 0.5) is 0 Å². The number of methoxy groups -OCH3 is 1. The lowest BCUT2D eigenvalue weighted by Crippen LogP contribution is -2.22. The molecule has 0 aliphatic rings. The fourth-order valence-corrected chi connectivity index (χ4v) is 1.46. The van der Waals surface area contributed by atoms with Crippen molar-refractivity contribution in [2.75, 3.05) is 13.9 Å². The van der Waals surface area contributed by atoms with E-state index in [-0.39, 0.29) is 6.79 Å². The highest BCUT2D eigenvalue weighted by Crippen LogP contribution is 2.22. The maximum atomic E-state index is 5.95. The normalized spacial score (nSPS) is 10.8. The van der Waals surface area contributed by atoms with Crippen LogP contribution in [0.25, 0.3) is 0 Å². The Labute approximate surface area is 102 Å². The Balaban J connectivity index is 2.72. The largest absolute Gasteiger partial charge is 0.467 e. The van der Waals surface area contributed by atoms with Crippen LogP contribution < -0.4 is 10.1 Å². The summed E-state index contributed by atoms with van der Waals surface area (Å²) in [4.78, 5) is 0. The van der Waals surface area contributed by atoms with Gasteiger partial charge in [-0.3, -0.25) is 0 Å². The third-order valence-corrected chi connectivity index (χ3v) is 2.29. The van der Waals surface area contributed by atoms with Crippen molar-refractivity contribution < 1.29 is 9.47 Å². The first kappa shape index (κ1) is 13.3. The summed E-state index contributed by atoms with van der Waals surface area (Å²) in [6.07, 6.45) is 0. The minimum atomic E-state index is 0.246. The molecule has 0 aromatic heterocycles. The molecule has 0 amide bonds. The third kappa shape index (κ3) is 4.39. The minimum Gasteiger partial charge on any atom is -0.467 e. The van der Waals surface area contributed by atoms with Crippen LogP contribution in [-0.2, 0) is 11.3 Å². The van der Waals surface area contributed by atoms with Crippen LogP contribution in [-0.4, -0.2) is 19.9 Å². The lowest BCUT2D eigenvalue weighted by Gasteiger charge is -2.13. The van der Waals surface area contributed by atoms with Crippen LogP contribution in [0.5, 0.6) is 5.75 Å². The molecule has 90 valence electrons. The number of hydrogen-bond donors (Lipinski definition) is 1. The average Bonchev–Trinajstić information content (AvgIpc) is 2.25. The molecule has 1 aromatic rings.